The number of hydrogen-bond donors (Lipinski definition) is 2. The van der Waals surface area contributed by atoms with Crippen LogP contribution in [0, 0.1) is 0 Å². The average Bonchev–Trinajstić information content (AvgIpc) is 3.22. The lowest BCUT2D eigenvalue weighted by atomic mass is 10.00. The van der Waals surface area contributed by atoms with E-state index in [0.717, 1.165) is 10.9 Å². The van der Waals surface area contributed by atoms with Crippen molar-refractivity contribution in [1.29, 1.82) is 0 Å². The van der Waals surface area contributed by atoms with Gasteiger partial charge in [-0.2, -0.15) is 11.8 Å². The van der Waals surface area contributed by atoms with E-state index in [-0.39, 0.29) is 11.7 Å². The van der Waals surface area contributed by atoms with E-state index in [1.807, 2.05) is 13.0 Å². The number of furan rings is 2. The maximum absolute atomic E-state index is 11.9. The molecule has 0 spiro atoms. The Morgan fingerprint density at radius 2 is 1.92 bits per heavy atom. The number of rotatable bonds is 6. The molecule has 2 heterocycles. The van der Waals surface area contributed by atoms with Gasteiger partial charge in [0.25, 0.3) is 0 Å². The van der Waals surface area contributed by atoms with Gasteiger partial charge in [-0.05, 0) is 31.5 Å². The first-order valence-corrected chi connectivity index (χ1v) is 7.69. The molecule has 0 amide bonds. The Morgan fingerprint density at radius 1 is 1.16 bits per heavy atom. The molecule has 0 aliphatic rings. The smallest absolute Gasteiger partial charge is 0.321 e. The first-order valence-electron chi connectivity index (χ1n) is 7.69. The van der Waals surface area contributed by atoms with E-state index < -0.39 is 0 Å². The van der Waals surface area contributed by atoms with Gasteiger partial charge in [-0.25, -0.2) is 0 Å². The second-order valence-corrected chi connectivity index (χ2v) is 5.40. The molecular formula is C18H18N2O5. The highest BCUT2D eigenvalue weighted by Gasteiger charge is 2.21. The fourth-order valence-electron chi connectivity index (χ4n) is 2.81. The summed E-state index contributed by atoms with van der Waals surface area (Å²) >= 11 is 0. The first kappa shape index (κ1) is 16.8. The van der Waals surface area contributed by atoms with Crippen LogP contribution in [-0.4, -0.2) is 5.78 Å². The number of aryl methyl sites for hydroxylation is 1. The average molecular weight is 342 g/mol. The summed E-state index contributed by atoms with van der Waals surface area (Å²) in [5.41, 5.74) is 2.19. The van der Waals surface area contributed by atoms with Gasteiger partial charge in [0.05, 0.1) is 6.08 Å². The molecule has 0 aliphatic heterocycles. The Bertz CT molecular complexity index is 946. The number of Topliss-reactive ketones (excluding diaryl/α,β-unsaturated/α-hetero) is 1. The minimum Gasteiger partial charge on any atom is -0.453 e. The number of carbonyl (C=O) groups excluding carboxylic acids is 1. The van der Waals surface area contributed by atoms with Crippen molar-refractivity contribution in [3.8, 4) is 11.5 Å². The molecular weight excluding hydrogens is 324 g/mol. The molecule has 0 atom stereocenters. The van der Waals surface area contributed by atoms with E-state index in [4.69, 9.17) is 20.6 Å². The second kappa shape index (κ2) is 6.84. The third-order valence-corrected chi connectivity index (χ3v) is 3.89. The predicted molar refractivity (Wildman–Crippen MR) is 91.8 cm³/mol. The molecule has 3 rings (SSSR count). The minimum absolute atomic E-state index is 0.0134. The van der Waals surface area contributed by atoms with Crippen molar-refractivity contribution in [2.45, 2.75) is 20.3 Å². The summed E-state index contributed by atoms with van der Waals surface area (Å²) in [4.78, 5) is 20.8. The Morgan fingerprint density at radius 3 is 2.56 bits per heavy atom. The van der Waals surface area contributed by atoms with Gasteiger partial charge < -0.3 is 18.5 Å². The van der Waals surface area contributed by atoms with Crippen molar-refractivity contribution in [1.82, 2.24) is 0 Å². The van der Waals surface area contributed by atoms with Crippen molar-refractivity contribution >= 4 is 22.8 Å². The van der Waals surface area contributed by atoms with E-state index in [1.54, 1.807) is 24.3 Å². The van der Waals surface area contributed by atoms with Crippen molar-refractivity contribution in [2.24, 2.45) is 11.8 Å². The first-order chi connectivity index (χ1) is 12.1. The maximum Gasteiger partial charge on any atom is 0.321 e. The van der Waals surface area contributed by atoms with Crippen LogP contribution in [0.5, 0.6) is 0 Å². The van der Waals surface area contributed by atoms with E-state index in [1.165, 1.54) is 13.0 Å². The van der Waals surface area contributed by atoms with E-state index in [0.29, 0.717) is 34.8 Å². The summed E-state index contributed by atoms with van der Waals surface area (Å²) in [6.45, 7) is 3.54. The lowest BCUT2D eigenvalue weighted by Gasteiger charge is -2.01. The number of benzene rings is 1. The van der Waals surface area contributed by atoms with Crippen molar-refractivity contribution in [2.75, 3.05) is 0 Å². The van der Waals surface area contributed by atoms with Crippen LogP contribution in [0.25, 0.3) is 28.6 Å². The van der Waals surface area contributed by atoms with Crippen LogP contribution < -0.4 is 11.8 Å². The Kier molecular flexibility index (Phi) is 4.60. The summed E-state index contributed by atoms with van der Waals surface area (Å²) in [7, 11) is 0. The van der Waals surface area contributed by atoms with Gasteiger partial charge in [-0.1, -0.05) is 19.1 Å². The zero-order valence-corrected chi connectivity index (χ0v) is 13.9. The fourth-order valence-corrected chi connectivity index (χ4v) is 2.81. The summed E-state index contributed by atoms with van der Waals surface area (Å²) in [5.74, 6) is 11.5. The van der Waals surface area contributed by atoms with Crippen LogP contribution >= 0.6 is 0 Å². The molecule has 1 aromatic carbocycles. The van der Waals surface area contributed by atoms with Gasteiger partial charge in [0.1, 0.15) is 11.3 Å². The Hall–Kier alpha value is -3.03. The van der Waals surface area contributed by atoms with Crippen LogP contribution in [-0.2, 0) is 16.1 Å². The van der Waals surface area contributed by atoms with Crippen LogP contribution in [0.2, 0.25) is 0 Å². The Balaban J connectivity index is 2.14. The van der Waals surface area contributed by atoms with Gasteiger partial charge in [-0.15, -0.1) is 0 Å². The molecule has 2 aromatic heterocycles. The summed E-state index contributed by atoms with van der Waals surface area (Å²) in [6.07, 6.45) is 2.08. The lowest BCUT2D eigenvalue weighted by molar-refractivity contribution is 0.0384. The van der Waals surface area contributed by atoms with Crippen molar-refractivity contribution < 1.29 is 23.3 Å². The normalized spacial score (nSPS) is 10.7. The number of hydrogen-bond acceptors (Lipinski definition) is 7. The van der Waals surface area contributed by atoms with Gasteiger partial charge in [0.2, 0.25) is 0 Å². The third-order valence-electron chi connectivity index (χ3n) is 3.89. The van der Waals surface area contributed by atoms with E-state index >= 15 is 0 Å². The highest BCUT2D eigenvalue weighted by molar-refractivity contribution is 6.08. The second-order valence-electron chi connectivity index (χ2n) is 5.40. The lowest BCUT2D eigenvalue weighted by Crippen LogP contribution is -2.06. The Labute approximate surface area is 143 Å². The summed E-state index contributed by atoms with van der Waals surface area (Å²) in [5, 5.41) is 0.817. The highest BCUT2D eigenvalue weighted by Crippen LogP contribution is 2.37. The molecule has 3 aromatic rings. The zero-order valence-electron chi connectivity index (χ0n) is 13.9. The summed E-state index contributed by atoms with van der Waals surface area (Å²) < 4.78 is 11.7. The maximum atomic E-state index is 11.9. The number of fused-ring (bicyclic) bond motifs is 1. The van der Waals surface area contributed by atoms with Crippen LogP contribution in [0.3, 0.4) is 0 Å². The fraction of sp³-hybridized carbons (Fsp3) is 0.167. The molecule has 0 aliphatic carbocycles. The molecule has 0 radical (unpaired) electrons. The van der Waals surface area contributed by atoms with Crippen LogP contribution in [0.1, 0.15) is 35.5 Å². The van der Waals surface area contributed by atoms with Crippen LogP contribution in [0.4, 0.5) is 0 Å². The molecule has 25 heavy (non-hydrogen) atoms. The highest BCUT2D eigenvalue weighted by atomic mass is 16.8. The van der Waals surface area contributed by atoms with Gasteiger partial charge >= 0.3 is 5.95 Å². The SMILES string of the molecule is CCc1c(-c2ccc(C=C(ON)ON)o2)oc2cccc(C(C)=O)c12. The molecule has 4 N–H and O–H groups in total. The molecule has 0 bridgehead atoms. The predicted octanol–water partition coefficient (Wildman–Crippen LogP) is 3.54. The van der Waals surface area contributed by atoms with Crippen molar-refractivity contribution in [3.05, 3.63) is 53.2 Å². The van der Waals surface area contributed by atoms with Gasteiger partial charge in [0, 0.05) is 16.5 Å². The van der Waals surface area contributed by atoms with Gasteiger partial charge in [0.15, 0.2) is 17.3 Å². The molecule has 130 valence electrons. The molecule has 7 nitrogen and oxygen atoms in total. The van der Waals surface area contributed by atoms with Gasteiger partial charge in [-0.3, -0.25) is 4.79 Å². The van der Waals surface area contributed by atoms with E-state index in [2.05, 4.69) is 9.68 Å². The quantitative estimate of drug-likeness (QED) is 0.400. The topological polar surface area (TPSA) is 114 Å². The largest absolute Gasteiger partial charge is 0.453 e. The van der Waals surface area contributed by atoms with Crippen molar-refractivity contribution in [3.63, 3.8) is 0 Å². The standard InChI is InChI=1S/C18H18N2O5/c1-3-12-17-13(10(2)21)5-4-6-14(17)23-18(12)15-8-7-11(22-15)9-16(24-19)25-20/h4-9H,3,19-20H2,1-2H3. The number of carbonyl (C=O) groups is 1. The number of nitrogens with two attached hydrogens (primary N) is 2. The third kappa shape index (κ3) is 3.02. The molecule has 0 saturated heterocycles. The molecule has 7 heteroatoms. The molecule has 0 unspecified atom stereocenters. The molecule has 0 saturated carbocycles. The number of ketones is 1. The minimum atomic E-state index is -0.0971. The summed E-state index contributed by atoms with van der Waals surface area (Å²) in [6, 6.07) is 8.87. The van der Waals surface area contributed by atoms with Crippen LogP contribution in [0.15, 0.2) is 45.1 Å². The zero-order chi connectivity index (χ0) is 18.0. The van der Waals surface area contributed by atoms with E-state index in [9.17, 15) is 4.79 Å². The molecule has 0 fully saturated rings. The monoisotopic (exact) mass is 342 g/mol.